The first-order valence-electron chi connectivity index (χ1n) is 6.86. The van der Waals surface area contributed by atoms with Crippen molar-refractivity contribution in [3.63, 3.8) is 0 Å². The normalized spacial score (nSPS) is 18.5. The zero-order chi connectivity index (χ0) is 15.5. The molecule has 0 amide bonds. The van der Waals surface area contributed by atoms with Crippen LogP contribution in [0.25, 0.3) is 0 Å². The van der Waals surface area contributed by atoms with Gasteiger partial charge in [0.2, 0.25) is 0 Å². The van der Waals surface area contributed by atoms with Gasteiger partial charge in [-0.15, -0.1) is 6.58 Å². The Hall–Kier alpha value is -1.40. The summed E-state index contributed by atoms with van der Waals surface area (Å²) >= 11 is 0. The van der Waals surface area contributed by atoms with Crippen molar-refractivity contribution in [1.82, 2.24) is 10.2 Å². The summed E-state index contributed by atoms with van der Waals surface area (Å²) in [5.41, 5.74) is -0.779. The molecule has 1 N–H and O–H groups in total. The van der Waals surface area contributed by atoms with E-state index >= 15 is 0 Å². The minimum Gasteiger partial charge on any atom is -0.314 e. The molecule has 2 rings (SSSR count). The summed E-state index contributed by atoms with van der Waals surface area (Å²) in [5, 5.41) is 3.17. The predicted octanol–water partition coefficient (Wildman–Crippen LogP) is 3.37. The number of hydrogen-bond acceptors (Lipinski definition) is 2. The highest BCUT2D eigenvalue weighted by Crippen LogP contribution is 2.38. The second-order valence-electron chi connectivity index (χ2n) is 5.06. The van der Waals surface area contributed by atoms with Crippen molar-refractivity contribution < 1.29 is 17.6 Å². The lowest BCUT2D eigenvalue weighted by Crippen LogP contribution is -2.45. The second-order valence-corrected chi connectivity index (χ2v) is 5.06. The van der Waals surface area contributed by atoms with E-state index < -0.39 is 23.6 Å². The summed E-state index contributed by atoms with van der Waals surface area (Å²) < 4.78 is 52.7. The molecule has 1 saturated heterocycles. The molecule has 1 aromatic carbocycles. The Morgan fingerprint density at radius 3 is 2.52 bits per heavy atom. The fourth-order valence-electron chi connectivity index (χ4n) is 2.69. The number of piperazine rings is 1. The van der Waals surface area contributed by atoms with Crippen molar-refractivity contribution in [2.75, 3.05) is 26.2 Å². The third-order valence-corrected chi connectivity index (χ3v) is 3.66. The van der Waals surface area contributed by atoms with Crippen LogP contribution in [0.3, 0.4) is 0 Å². The highest BCUT2D eigenvalue weighted by molar-refractivity contribution is 5.33. The summed E-state index contributed by atoms with van der Waals surface area (Å²) in [6.45, 7) is 6.42. The maximum absolute atomic E-state index is 13.2. The predicted molar refractivity (Wildman–Crippen MR) is 73.4 cm³/mol. The molecule has 2 nitrogen and oxygen atoms in total. The van der Waals surface area contributed by atoms with Gasteiger partial charge in [-0.2, -0.15) is 13.2 Å². The van der Waals surface area contributed by atoms with E-state index in [1.165, 1.54) is 6.07 Å². The average molecular weight is 302 g/mol. The number of nitrogens with zero attached hydrogens (tertiary/aromatic N) is 1. The molecular weight excluding hydrogens is 284 g/mol. The number of hydrogen-bond donors (Lipinski definition) is 1. The van der Waals surface area contributed by atoms with E-state index in [-0.39, 0.29) is 5.56 Å². The fourth-order valence-corrected chi connectivity index (χ4v) is 2.69. The Bertz CT molecular complexity index is 493. The molecule has 0 spiro atoms. The Kier molecular flexibility index (Phi) is 5.00. The van der Waals surface area contributed by atoms with Gasteiger partial charge in [-0.3, -0.25) is 4.90 Å². The van der Waals surface area contributed by atoms with Gasteiger partial charge in [-0.05, 0) is 24.1 Å². The van der Waals surface area contributed by atoms with Crippen molar-refractivity contribution in [2.45, 2.75) is 18.6 Å². The number of benzene rings is 1. The Morgan fingerprint density at radius 1 is 1.29 bits per heavy atom. The molecule has 0 aliphatic carbocycles. The van der Waals surface area contributed by atoms with Gasteiger partial charge in [0.25, 0.3) is 0 Å². The Balaban J connectivity index is 2.41. The lowest BCUT2D eigenvalue weighted by molar-refractivity contribution is -0.139. The highest BCUT2D eigenvalue weighted by Gasteiger charge is 2.36. The molecule has 0 radical (unpaired) electrons. The first-order chi connectivity index (χ1) is 9.93. The molecule has 0 bridgehead atoms. The molecule has 1 heterocycles. The van der Waals surface area contributed by atoms with Crippen molar-refractivity contribution >= 4 is 0 Å². The van der Waals surface area contributed by atoms with Crippen LogP contribution < -0.4 is 5.32 Å². The molecule has 21 heavy (non-hydrogen) atoms. The Labute approximate surface area is 121 Å². The first-order valence-corrected chi connectivity index (χ1v) is 6.86. The first kappa shape index (κ1) is 16.0. The minimum absolute atomic E-state index is 0.116. The molecule has 1 aliphatic heterocycles. The van der Waals surface area contributed by atoms with Gasteiger partial charge in [-0.1, -0.05) is 12.1 Å². The van der Waals surface area contributed by atoms with Gasteiger partial charge >= 0.3 is 6.18 Å². The summed E-state index contributed by atoms with van der Waals surface area (Å²) in [5.74, 6) is -0.872. The SMILES string of the molecule is C=CC[C@@H](c1ccc(F)cc1C(F)(F)F)N1CCNCC1. The lowest BCUT2D eigenvalue weighted by atomic mass is 9.95. The zero-order valence-corrected chi connectivity index (χ0v) is 11.6. The van der Waals surface area contributed by atoms with Gasteiger partial charge in [0, 0.05) is 32.2 Å². The molecule has 1 aromatic rings. The van der Waals surface area contributed by atoms with Crippen LogP contribution in [0.4, 0.5) is 17.6 Å². The zero-order valence-electron chi connectivity index (χ0n) is 11.6. The minimum atomic E-state index is -4.56. The number of alkyl halides is 3. The summed E-state index contributed by atoms with van der Waals surface area (Å²) in [6.07, 6.45) is -2.56. The van der Waals surface area contributed by atoms with Gasteiger partial charge in [0.15, 0.2) is 0 Å². The molecule has 0 unspecified atom stereocenters. The quantitative estimate of drug-likeness (QED) is 0.677. The molecule has 6 heteroatoms. The lowest BCUT2D eigenvalue weighted by Gasteiger charge is -2.35. The Morgan fingerprint density at radius 2 is 1.95 bits per heavy atom. The molecule has 1 atom stereocenters. The van der Waals surface area contributed by atoms with Gasteiger partial charge in [0.05, 0.1) is 5.56 Å². The van der Waals surface area contributed by atoms with E-state index in [2.05, 4.69) is 11.9 Å². The largest absolute Gasteiger partial charge is 0.416 e. The van der Waals surface area contributed by atoms with Crippen LogP contribution in [-0.4, -0.2) is 31.1 Å². The molecule has 1 aliphatic rings. The maximum atomic E-state index is 13.2. The van der Waals surface area contributed by atoms with Gasteiger partial charge in [-0.25, -0.2) is 4.39 Å². The number of rotatable bonds is 4. The van der Waals surface area contributed by atoms with E-state index in [1.54, 1.807) is 6.08 Å². The van der Waals surface area contributed by atoms with Crippen molar-refractivity contribution in [1.29, 1.82) is 0 Å². The third kappa shape index (κ3) is 3.83. The molecule has 116 valence electrons. The standard InChI is InChI=1S/C15H18F4N2/c1-2-3-14(21-8-6-20-7-9-21)12-5-4-11(16)10-13(12)15(17,18)19/h2,4-5,10,14,20H,1,3,6-9H2/t14-/m0/s1. The van der Waals surface area contributed by atoms with Crippen molar-refractivity contribution in [3.05, 3.63) is 47.8 Å². The highest BCUT2D eigenvalue weighted by atomic mass is 19.4. The second kappa shape index (κ2) is 6.58. The van der Waals surface area contributed by atoms with Crippen LogP contribution in [0.15, 0.2) is 30.9 Å². The maximum Gasteiger partial charge on any atom is 0.416 e. The van der Waals surface area contributed by atoms with Gasteiger partial charge in [0.1, 0.15) is 5.82 Å². The van der Waals surface area contributed by atoms with E-state index in [0.717, 1.165) is 19.2 Å². The smallest absolute Gasteiger partial charge is 0.314 e. The summed E-state index contributed by atoms with van der Waals surface area (Å²) in [6, 6.07) is 2.48. The molecule has 1 fully saturated rings. The monoisotopic (exact) mass is 302 g/mol. The van der Waals surface area contributed by atoms with Crippen LogP contribution in [0.1, 0.15) is 23.6 Å². The van der Waals surface area contributed by atoms with E-state index in [0.29, 0.717) is 25.6 Å². The fraction of sp³-hybridized carbons (Fsp3) is 0.467. The van der Waals surface area contributed by atoms with Crippen molar-refractivity contribution in [3.8, 4) is 0 Å². The van der Waals surface area contributed by atoms with E-state index in [1.807, 2.05) is 4.90 Å². The van der Waals surface area contributed by atoms with E-state index in [9.17, 15) is 17.6 Å². The average Bonchev–Trinajstić information content (AvgIpc) is 2.45. The molecule has 0 saturated carbocycles. The topological polar surface area (TPSA) is 15.3 Å². The third-order valence-electron chi connectivity index (χ3n) is 3.66. The van der Waals surface area contributed by atoms with E-state index in [4.69, 9.17) is 0 Å². The number of halogens is 4. The summed E-state index contributed by atoms with van der Waals surface area (Å²) in [7, 11) is 0. The van der Waals surface area contributed by atoms with Crippen LogP contribution in [-0.2, 0) is 6.18 Å². The van der Waals surface area contributed by atoms with Crippen LogP contribution in [0.5, 0.6) is 0 Å². The number of nitrogens with one attached hydrogen (secondary N) is 1. The molecule has 0 aromatic heterocycles. The van der Waals surface area contributed by atoms with Gasteiger partial charge < -0.3 is 5.32 Å². The summed E-state index contributed by atoms with van der Waals surface area (Å²) in [4.78, 5) is 1.99. The van der Waals surface area contributed by atoms with Crippen LogP contribution in [0, 0.1) is 5.82 Å². The molecular formula is C15H18F4N2. The van der Waals surface area contributed by atoms with Crippen molar-refractivity contribution in [2.24, 2.45) is 0 Å². The van der Waals surface area contributed by atoms with Crippen LogP contribution in [0.2, 0.25) is 0 Å². The van der Waals surface area contributed by atoms with Crippen LogP contribution >= 0.6 is 0 Å².